The van der Waals surface area contributed by atoms with Gasteiger partial charge >= 0.3 is 22.5 Å². The van der Waals surface area contributed by atoms with Crippen LogP contribution in [0, 0.1) is 0 Å². The first-order chi connectivity index (χ1) is 6.89. The quantitative estimate of drug-likeness (QED) is 0.190. The van der Waals surface area contributed by atoms with E-state index in [1.54, 1.807) is 0 Å². The summed E-state index contributed by atoms with van der Waals surface area (Å²) in [7, 11) is -6.44. The molecule has 0 aliphatic rings. The van der Waals surface area contributed by atoms with Gasteiger partial charge in [0.25, 0.3) is 0 Å². The Kier molecular flexibility index (Phi) is 6.62. The average Bonchev–Trinajstić information content (AvgIpc) is 2.00. The summed E-state index contributed by atoms with van der Waals surface area (Å²) in [6.45, 7) is -0.174. The Balaban J connectivity index is 4.32. The monoisotopic (exact) mass is 261 g/mol. The minimum atomic E-state index is -3.22. The summed E-state index contributed by atoms with van der Waals surface area (Å²) in [5.74, 6) is -2.69. The first kappa shape index (κ1) is 14.5. The molecule has 15 heavy (non-hydrogen) atoms. The van der Waals surface area contributed by atoms with Crippen LogP contribution in [0.15, 0.2) is 0 Å². The fourth-order valence-corrected chi connectivity index (χ4v) is 1.45. The fraction of sp³-hybridized carbons (Fsp3) is 0.750. The van der Waals surface area contributed by atoms with Crippen LogP contribution in [0.2, 0.25) is 0 Å². The number of amides is 1. The van der Waals surface area contributed by atoms with Gasteiger partial charge in [0.15, 0.2) is 0 Å². The van der Waals surface area contributed by atoms with Gasteiger partial charge in [-0.2, -0.15) is 0 Å². The number of rotatable bonds is 8. The molecule has 11 heteroatoms. The lowest BCUT2D eigenvalue weighted by atomic mass is 10.4. The van der Waals surface area contributed by atoms with Crippen molar-refractivity contribution in [2.45, 2.75) is 12.4 Å². The van der Waals surface area contributed by atoms with Crippen molar-refractivity contribution in [1.82, 2.24) is 5.32 Å². The van der Waals surface area contributed by atoms with E-state index < -0.39 is 28.9 Å². The van der Waals surface area contributed by atoms with Crippen molar-refractivity contribution < 1.29 is 37.9 Å². The van der Waals surface area contributed by atoms with Crippen molar-refractivity contribution in [3.05, 3.63) is 0 Å². The normalized spacial score (nSPS) is 16.5. The highest BCUT2D eigenvalue weighted by molar-refractivity contribution is 7.33. The van der Waals surface area contributed by atoms with Crippen LogP contribution in [0.3, 0.4) is 0 Å². The second kappa shape index (κ2) is 6.86. The molecule has 2 unspecified atom stereocenters. The van der Waals surface area contributed by atoms with E-state index in [1.165, 1.54) is 0 Å². The second-order valence-corrected chi connectivity index (χ2v) is 3.51. The fourth-order valence-electron chi connectivity index (χ4n) is 0.641. The van der Waals surface area contributed by atoms with E-state index in [1.807, 2.05) is 0 Å². The summed E-state index contributed by atoms with van der Waals surface area (Å²) in [5, 5.41) is 11.4. The zero-order chi connectivity index (χ0) is 11.9. The molecule has 0 bridgehead atoms. The van der Waals surface area contributed by atoms with Crippen LogP contribution in [0.4, 0.5) is 0 Å². The van der Waals surface area contributed by atoms with Gasteiger partial charge in [-0.3, -0.25) is 4.79 Å². The lowest BCUT2D eigenvalue weighted by Crippen LogP contribution is -2.35. The molecular formula is C4H9NO8P2+2. The summed E-state index contributed by atoms with van der Waals surface area (Å²) in [6, 6.07) is 0. The summed E-state index contributed by atoms with van der Waals surface area (Å²) in [4.78, 5) is 26.5. The van der Waals surface area contributed by atoms with Crippen LogP contribution >= 0.6 is 16.5 Å². The minimum Gasteiger partial charge on any atom is -0.358 e. The van der Waals surface area contributed by atoms with E-state index >= 15 is 0 Å². The van der Waals surface area contributed by atoms with Gasteiger partial charge in [0.1, 0.15) is 0 Å². The summed E-state index contributed by atoms with van der Waals surface area (Å²) >= 11 is 0. The third kappa shape index (κ3) is 7.40. The zero-order valence-corrected chi connectivity index (χ0v) is 9.06. The Bertz CT molecular complexity index is 241. The third-order valence-corrected chi connectivity index (χ3v) is 1.99. The lowest BCUT2D eigenvalue weighted by molar-refractivity contribution is -0.275. The SMILES string of the molecule is O=CNCCC(O)(O[P+](=O)O)O[P+](=O)O. The van der Waals surface area contributed by atoms with Gasteiger partial charge in [-0.25, -0.2) is 0 Å². The summed E-state index contributed by atoms with van der Waals surface area (Å²) in [6.07, 6.45) is -0.187. The molecule has 0 saturated heterocycles. The predicted octanol–water partition coefficient (Wildman–Crippen LogP) is -0.899. The number of hydrogen-bond acceptors (Lipinski definition) is 6. The smallest absolute Gasteiger partial charge is 0.358 e. The van der Waals surface area contributed by atoms with Gasteiger partial charge in [-0.15, -0.1) is 9.79 Å². The number of aliphatic hydroxyl groups is 1. The highest BCUT2D eigenvalue weighted by Gasteiger charge is 2.47. The number of hydrogen-bond donors (Lipinski definition) is 4. The maximum absolute atomic E-state index is 10.2. The Morgan fingerprint density at radius 3 is 2.07 bits per heavy atom. The number of nitrogens with one attached hydrogen (secondary N) is 1. The molecule has 9 nitrogen and oxygen atoms in total. The Labute approximate surface area is 85.9 Å². The Morgan fingerprint density at radius 1 is 1.27 bits per heavy atom. The maximum Gasteiger partial charge on any atom is 0.700 e. The molecule has 0 radical (unpaired) electrons. The molecular weight excluding hydrogens is 252 g/mol. The lowest BCUT2D eigenvalue weighted by Gasteiger charge is -2.12. The molecule has 0 aromatic heterocycles. The van der Waals surface area contributed by atoms with E-state index in [9.17, 15) is 19.0 Å². The molecule has 0 rings (SSSR count). The van der Waals surface area contributed by atoms with Crippen molar-refractivity contribution in [3.63, 3.8) is 0 Å². The molecule has 0 heterocycles. The van der Waals surface area contributed by atoms with Crippen LogP contribution in [0.1, 0.15) is 6.42 Å². The van der Waals surface area contributed by atoms with Crippen molar-refractivity contribution in [3.8, 4) is 0 Å². The van der Waals surface area contributed by atoms with Crippen molar-refractivity contribution in [2.24, 2.45) is 0 Å². The van der Waals surface area contributed by atoms with E-state index in [-0.39, 0.29) is 6.54 Å². The molecule has 1 amide bonds. The third-order valence-electron chi connectivity index (χ3n) is 1.11. The van der Waals surface area contributed by atoms with Gasteiger partial charge in [-0.05, 0) is 9.05 Å². The van der Waals surface area contributed by atoms with Gasteiger partial charge < -0.3 is 10.4 Å². The van der Waals surface area contributed by atoms with E-state index in [2.05, 4.69) is 14.4 Å². The molecule has 0 aliphatic carbocycles. The van der Waals surface area contributed by atoms with E-state index in [0.29, 0.717) is 6.41 Å². The molecule has 0 aromatic carbocycles. The van der Waals surface area contributed by atoms with E-state index in [0.717, 1.165) is 0 Å². The van der Waals surface area contributed by atoms with Gasteiger partial charge in [-0.1, -0.05) is 0 Å². The predicted molar refractivity (Wildman–Crippen MR) is 45.5 cm³/mol. The summed E-state index contributed by atoms with van der Waals surface area (Å²) in [5.41, 5.74) is 0. The molecule has 0 saturated carbocycles. The first-order valence-electron chi connectivity index (χ1n) is 3.49. The Morgan fingerprint density at radius 2 is 1.73 bits per heavy atom. The molecule has 4 N–H and O–H groups in total. The first-order valence-corrected chi connectivity index (χ1v) is 5.75. The maximum atomic E-state index is 10.2. The van der Waals surface area contributed by atoms with Crippen LogP contribution < -0.4 is 5.32 Å². The van der Waals surface area contributed by atoms with Crippen molar-refractivity contribution in [1.29, 1.82) is 0 Å². The summed E-state index contributed by atoms with van der Waals surface area (Å²) < 4.78 is 28.5. The van der Waals surface area contributed by atoms with Gasteiger partial charge in [0.05, 0.1) is 6.42 Å². The van der Waals surface area contributed by atoms with Crippen LogP contribution in [-0.4, -0.2) is 33.8 Å². The average molecular weight is 261 g/mol. The number of carbonyl (C=O) groups is 1. The van der Waals surface area contributed by atoms with Crippen molar-refractivity contribution in [2.75, 3.05) is 6.54 Å². The van der Waals surface area contributed by atoms with Crippen LogP contribution in [-0.2, 0) is 23.0 Å². The van der Waals surface area contributed by atoms with Crippen molar-refractivity contribution >= 4 is 22.9 Å². The highest BCUT2D eigenvalue weighted by Crippen LogP contribution is 2.34. The number of carbonyl (C=O) groups excluding carboxylic acids is 1. The van der Waals surface area contributed by atoms with Crippen LogP contribution in [0.25, 0.3) is 0 Å². The molecule has 0 aliphatic heterocycles. The molecule has 86 valence electrons. The highest BCUT2D eigenvalue weighted by atomic mass is 31.1. The molecule has 2 atom stereocenters. The molecule has 0 spiro atoms. The second-order valence-electron chi connectivity index (χ2n) is 2.19. The molecule has 0 aromatic rings. The minimum absolute atomic E-state index is 0.174. The van der Waals surface area contributed by atoms with Gasteiger partial charge in [0.2, 0.25) is 6.41 Å². The Hall–Kier alpha value is -0.530. The van der Waals surface area contributed by atoms with E-state index in [4.69, 9.17) is 9.79 Å². The zero-order valence-electron chi connectivity index (χ0n) is 7.27. The largest absolute Gasteiger partial charge is 0.700 e. The van der Waals surface area contributed by atoms with Gasteiger partial charge in [0, 0.05) is 15.7 Å². The van der Waals surface area contributed by atoms with Crippen LogP contribution in [0.5, 0.6) is 0 Å². The standard InChI is InChI=1S/C4H7NO8P2/c6-3-5-2-1-4(7,12-14(8)9)13-15(10)11/h3,7H,1-2H2,(H-2,5,6,8,9,10,11)/p+2. The topological polar surface area (TPSA) is 142 Å². The molecule has 0 fully saturated rings.